The zero-order valence-electron chi connectivity index (χ0n) is 8.49. The van der Waals surface area contributed by atoms with E-state index in [1.807, 2.05) is 11.8 Å². The Balaban J connectivity index is 3.29. The van der Waals surface area contributed by atoms with E-state index in [1.165, 1.54) is 6.42 Å². The first kappa shape index (κ1) is 13.7. The summed E-state index contributed by atoms with van der Waals surface area (Å²) in [6, 6.07) is -0.921. The van der Waals surface area contributed by atoms with E-state index >= 15 is 0 Å². The first-order valence-electron chi connectivity index (χ1n) is 4.81. The molecule has 0 heterocycles. The minimum Gasteiger partial charge on any atom is -0.548 e. The Morgan fingerprint density at radius 1 is 1.43 bits per heavy atom. The van der Waals surface area contributed by atoms with E-state index in [0.29, 0.717) is 6.42 Å². The van der Waals surface area contributed by atoms with Crippen LogP contribution in [0.4, 0.5) is 0 Å². The third-order valence-electron chi connectivity index (χ3n) is 2.03. The van der Waals surface area contributed by atoms with Gasteiger partial charge in [-0.15, -0.1) is 0 Å². The van der Waals surface area contributed by atoms with Gasteiger partial charge in [-0.2, -0.15) is 17.2 Å². The Labute approximate surface area is 89.0 Å². The molecule has 1 unspecified atom stereocenters. The van der Waals surface area contributed by atoms with Crippen molar-refractivity contribution in [1.82, 2.24) is 5.48 Å². The van der Waals surface area contributed by atoms with E-state index in [1.54, 1.807) is 5.48 Å². The lowest BCUT2D eigenvalue weighted by atomic mass is 10.1. The Morgan fingerprint density at radius 2 is 2.07 bits per heavy atom. The Hall–Kier alpha value is -0.260. The molecule has 0 fully saturated rings. The van der Waals surface area contributed by atoms with Gasteiger partial charge in [-0.05, 0) is 24.9 Å². The molecule has 5 heteroatoms. The fraction of sp³-hybridized carbons (Fsp3) is 0.889. The fourth-order valence-electron chi connectivity index (χ4n) is 1.18. The van der Waals surface area contributed by atoms with Crippen molar-refractivity contribution in [2.75, 3.05) is 12.0 Å². The van der Waals surface area contributed by atoms with Crippen LogP contribution in [-0.2, 0) is 4.79 Å². The van der Waals surface area contributed by atoms with Crippen LogP contribution in [0.3, 0.4) is 0 Å². The lowest BCUT2D eigenvalue weighted by Gasteiger charge is -2.15. The van der Waals surface area contributed by atoms with E-state index in [4.69, 9.17) is 5.21 Å². The molecule has 84 valence electrons. The molecule has 0 spiro atoms. The predicted octanol–water partition coefficient (Wildman–Crippen LogP) is 0.397. The molecule has 0 aliphatic carbocycles. The van der Waals surface area contributed by atoms with Gasteiger partial charge in [0.15, 0.2) is 0 Å². The molecule has 14 heavy (non-hydrogen) atoms. The smallest absolute Gasteiger partial charge is 0.0714 e. The number of nitrogens with one attached hydrogen (secondary N) is 1. The summed E-state index contributed by atoms with van der Waals surface area (Å²) in [5, 5.41) is 18.8. The van der Waals surface area contributed by atoms with Crippen molar-refractivity contribution < 1.29 is 15.1 Å². The zero-order valence-corrected chi connectivity index (χ0v) is 9.31. The number of carboxylic acids is 1. The van der Waals surface area contributed by atoms with Gasteiger partial charge < -0.3 is 15.1 Å². The molecule has 4 nitrogen and oxygen atoms in total. The van der Waals surface area contributed by atoms with Crippen LogP contribution >= 0.6 is 11.8 Å². The van der Waals surface area contributed by atoms with Crippen LogP contribution in [0.2, 0.25) is 0 Å². The largest absolute Gasteiger partial charge is 0.548 e. The highest BCUT2D eigenvalue weighted by Crippen LogP contribution is 2.07. The number of hydroxylamine groups is 1. The second-order valence-electron chi connectivity index (χ2n) is 3.20. The normalized spacial score (nSPS) is 12.7. The van der Waals surface area contributed by atoms with E-state index in [2.05, 4.69) is 6.26 Å². The zero-order chi connectivity index (χ0) is 10.8. The minimum atomic E-state index is -1.24. The summed E-state index contributed by atoms with van der Waals surface area (Å²) >= 11 is 1.82. The fourth-order valence-corrected chi connectivity index (χ4v) is 1.68. The molecule has 0 amide bonds. The molecular weight excluding hydrogens is 202 g/mol. The molecule has 0 saturated heterocycles. The average molecular weight is 220 g/mol. The molecule has 0 bridgehead atoms. The average Bonchev–Trinajstić information content (AvgIpc) is 2.16. The van der Waals surface area contributed by atoms with Gasteiger partial charge in [0.05, 0.1) is 12.0 Å². The maximum atomic E-state index is 10.4. The number of unbranched alkanes of at least 4 members (excludes halogenated alkanes) is 3. The monoisotopic (exact) mass is 220 g/mol. The minimum absolute atomic E-state index is 0.429. The standard InChI is InChI=1S/C9H19NO3S/c1-14-7-5-3-2-4-6-8(10-13)9(11)12/h8,10,13H,2-7H2,1H3,(H,11,12)/p-1. The van der Waals surface area contributed by atoms with Crippen LogP contribution in [0.5, 0.6) is 0 Å². The number of thioether (sulfide) groups is 1. The molecule has 0 aromatic rings. The van der Waals surface area contributed by atoms with Gasteiger partial charge in [-0.1, -0.05) is 19.3 Å². The topological polar surface area (TPSA) is 72.4 Å². The van der Waals surface area contributed by atoms with Crippen molar-refractivity contribution in [3.05, 3.63) is 0 Å². The molecule has 0 radical (unpaired) electrons. The first-order valence-corrected chi connectivity index (χ1v) is 6.21. The molecular formula is C9H18NO3S-. The number of carboxylic acid groups (broad SMARTS) is 1. The summed E-state index contributed by atoms with van der Waals surface area (Å²) in [5.74, 6) is -0.0843. The first-order chi connectivity index (χ1) is 6.72. The third kappa shape index (κ3) is 7.17. The predicted molar refractivity (Wildman–Crippen MR) is 55.2 cm³/mol. The maximum absolute atomic E-state index is 10.4. The van der Waals surface area contributed by atoms with E-state index in [9.17, 15) is 9.90 Å². The van der Waals surface area contributed by atoms with Gasteiger partial charge in [0, 0.05) is 0 Å². The number of carbonyl (C=O) groups is 1. The van der Waals surface area contributed by atoms with E-state index < -0.39 is 12.0 Å². The summed E-state index contributed by atoms with van der Waals surface area (Å²) in [6.45, 7) is 0. The highest BCUT2D eigenvalue weighted by Gasteiger charge is 2.06. The van der Waals surface area contributed by atoms with Crippen LogP contribution in [0, 0.1) is 0 Å². The molecule has 0 aromatic carbocycles. The molecule has 0 rings (SSSR count). The SMILES string of the molecule is CSCCCCCCC(NO)C(=O)[O-]. The Morgan fingerprint density at radius 3 is 2.57 bits per heavy atom. The van der Waals surface area contributed by atoms with Gasteiger partial charge in [0.2, 0.25) is 0 Å². The van der Waals surface area contributed by atoms with Crippen LogP contribution in [0.1, 0.15) is 32.1 Å². The molecule has 0 saturated carbocycles. The Kier molecular flexibility index (Phi) is 9.13. The van der Waals surface area contributed by atoms with Crippen LogP contribution in [0.15, 0.2) is 0 Å². The van der Waals surface area contributed by atoms with Crippen LogP contribution in [-0.4, -0.2) is 29.2 Å². The maximum Gasteiger partial charge on any atom is 0.0714 e. The van der Waals surface area contributed by atoms with E-state index in [0.717, 1.165) is 25.0 Å². The van der Waals surface area contributed by atoms with Crippen LogP contribution < -0.4 is 10.6 Å². The van der Waals surface area contributed by atoms with Crippen LogP contribution in [0.25, 0.3) is 0 Å². The van der Waals surface area contributed by atoms with Gasteiger partial charge in [-0.3, -0.25) is 0 Å². The number of aliphatic carboxylic acids is 1. The van der Waals surface area contributed by atoms with Gasteiger partial charge in [0.25, 0.3) is 0 Å². The summed E-state index contributed by atoms with van der Waals surface area (Å²) in [6.07, 6.45) is 6.60. The van der Waals surface area contributed by atoms with Crippen molar-refractivity contribution in [2.24, 2.45) is 0 Å². The van der Waals surface area contributed by atoms with Crippen molar-refractivity contribution in [2.45, 2.75) is 38.1 Å². The second kappa shape index (κ2) is 9.30. The van der Waals surface area contributed by atoms with Crippen molar-refractivity contribution in [3.8, 4) is 0 Å². The van der Waals surface area contributed by atoms with Crippen molar-refractivity contribution >= 4 is 17.7 Å². The Bertz CT molecular complexity index is 155. The molecule has 0 aromatic heterocycles. The third-order valence-corrected chi connectivity index (χ3v) is 2.73. The molecule has 2 N–H and O–H groups in total. The summed E-state index contributed by atoms with van der Waals surface area (Å²) in [4.78, 5) is 10.4. The summed E-state index contributed by atoms with van der Waals surface area (Å²) < 4.78 is 0. The summed E-state index contributed by atoms with van der Waals surface area (Å²) in [7, 11) is 0. The van der Waals surface area contributed by atoms with Crippen molar-refractivity contribution in [3.63, 3.8) is 0 Å². The van der Waals surface area contributed by atoms with Gasteiger partial charge in [0.1, 0.15) is 0 Å². The lowest BCUT2D eigenvalue weighted by molar-refractivity contribution is -0.310. The number of hydrogen-bond donors (Lipinski definition) is 2. The quantitative estimate of drug-likeness (QED) is 0.434. The molecule has 0 aliphatic heterocycles. The number of hydrogen-bond acceptors (Lipinski definition) is 5. The lowest BCUT2D eigenvalue weighted by Crippen LogP contribution is -2.44. The summed E-state index contributed by atoms with van der Waals surface area (Å²) in [5.41, 5.74) is 1.74. The number of rotatable bonds is 9. The van der Waals surface area contributed by atoms with Gasteiger partial charge >= 0.3 is 0 Å². The number of carbonyl (C=O) groups excluding carboxylic acids is 1. The molecule has 0 aliphatic rings. The van der Waals surface area contributed by atoms with Crippen molar-refractivity contribution in [1.29, 1.82) is 0 Å². The van der Waals surface area contributed by atoms with Gasteiger partial charge in [-0.25, -0.2) is 0 Å². The molecule has 1 atom stereocenters. The highest BCUT2D eigenvalue weighted by molar-refractivity contribution is 7.98. The van der Waals surface area contributed by atoms with E-state index in [-0.39, 0.29) is 0 Å². The highest BCUT2D eigenvalue weighted by atomic mass is 32.2. The second-order valence-corrected chi connectivity index (χ2v) is 4.18.